The molecule has 0 saturated carbocycles. The Morgan fingerprint density at radius 1 is 1.30 bits per heavy atom. The fraction of sp³-hybridized carbons (Fsp3) is 0.600. The second-order valence-corrected chi connectivity index (χ2v) is 5.27. The van der Waals surface area contributed by atoms with Crippen molar-refractivity contribution in [3.05, 3.63) is 17.7 Å². The molecule has 0 amide bonds. The SMILES string of the molecule is COc1cc(C2OCCCO2)cc(N)c1OCC(C)C. The van der Waals surface area contributed by atoms with Gasteiger partial charge >= 0.3 is 0 Å². The largest absolute Gasteiger partial charge is 0.493 e. The predicted octanol–water partition coefficient (Wildman–Crippen LogP) is 2.75. The summed E-state index contributed by atoms with van der Waals surface area (Å²) in [5, 5.41) is 0. The number of hydrogen-bond acceptors (Lipinski definition) is 5. The summed E-state index contributed by atoms with van der Waals surface area (Å²) >= 11 is 0. The molecule has 1 aliphatic heterocycles. The molecule has 0 unspecified atom stereocenters. The summed E-state index contributed by atoms with van der Waals surface area (Å²) in [4.78, 5) is 0. The number of nitrogen functional groups attached to an aromatic ring is 1. The summed E-state index contributed by atoms with van der Waals surface area (Å²) in [6.07, 6.45) is 0.540. The van der Waals surface area contributed by atoms with Gasteiger partial charge in [0.1, 0.15) is 0 Å². The van der Waals surface area contributed by atoms with Crippen molar-refractivity contribution in [1.29, 1.82) is 0 Å². The third kappa shape index (κ3) is 3.55. The average molecular weight is 281 g/mol. The summed E-state index contributed by atoms with van der Waals surface area (Å²) in [6.45, 7) is 6.15. The summed E-state index contributed by atoms with van der Waals surface area (Å²) < 4.78 is 22.3. The van der Waals surface area contributed by atoms with Crippen molar-refractivity contribution >= 4 is 5.69 Å². The van der Waals surface area contributed by atoms with E-state index in [0.717, 1.165) is 12.0 Å². The van der Waals surface area contributed by atoms with Crippen molar-refractivity contribution in [2.45, 2.75) is 26.6 Å². The first-order valence-corrected chi connectivity index (χ1v) is 6.95. The maximum Gasteiger partial charge on any atom is 0.184 e. The molecule has 5 nitrogen and oxygen atoms in total. The Morgan fingerprint density at radius 3 is 2.60 bits per heavy atom. The molecule has 2 N–H and O–H groups in total. The van der Waals surface area contributed by atoms with Crippen molar-refractivity contribution in [2.24, 2.45) is 5.92 Å². The molecule has 1 aliphatic rings. The van der Waals surface area contributed by atoms with Crippen molar-refractivity contribution in [1.82, 2.24) is 0 Å². The first-order valence-electron chi connectivity index (χ1n) is 6.95. The van der Waals surface area contributed by atoms with Gasteiger partial charge < -0.3 is 24.7 Å². The average Bonchev–Trinajstić information content (AvgIpc) is 2.46. The van der Waals surface area contributed by atoms with Crippen molar-refractivity contribution in [3.8, 4) is 11.5 Å². The Bertz CT molecular complexity index is 442. The van der Waals surface area contributed by atoms with E-state index < -0.39 is 0 Å². The molecular formula is C15H23NO4. The molecular weight excluding hydrogens is 258 g/mol. The van der Waals surface area contributed by atoms with Crippen LogP contribution < -0.4 is 15.2 Å². The molecule has 1 aromatic rings. The van der Waals surface area contributed by atoms with Gasteiger partial charge in [-0.1, -0.05) is 13.8 Å². The van der Waals surface area contributed by atoms with E-state index in [9.17, 15) is 0 Å². The minimum Gasteiger partial charge on any atom is -0.493 e. The van der Waals surface area contributed by atoms with Crippen molar-refractivity contribution in [3.63, 3.8) is 0 Å². The fourth-order valence-corrected chi connectivity index (χ4v) is 2.02. The van der Waals surface area contributed by atoms with Gasteiger partial charge in [0.2, 0.25) is 0 Å². The normalized spacial score (nSPS) is 16.4. The van der Waals surface area contributed by atoms with E-state index in [1.165, 1.54) is 0 Å². The van der Waals surface area contributed by atoms with Gasteiger partial charge in [-0.2, -0.15) is 0 Å². The second-order valence-electron chi connectivity index (χ2n) is 5.27. The van der Waals surface area contributed by atoms with Gasteiger partial charge in [0.05, 0.1) is 32.6 Å². The standard InChI is InChI=1S/C15H23NO4/c1-10(2)9-20-14-12(16)7-11(8-13(14)17-3)15-18-5-4-6-19-15/h7-8,10,15H,4-6,9,16H2,1-3H3. The third-order valence-corrected chi connectivity index (χ3v) is 2.99. The number of nitrogens with two attached hydrogens (primary N) is 1. The van der Waals surface area contributed by atoms with Gasteiger partial charge in [0.25, 0.3) is 0 Å². The fourth-order valence-electron chi connectivity index (χ4n) is 2.02. The zero-order valence-electron chi connectivity index (χ0n) is 12.3. The Labute approximate surface area is 120 Å². The van der Waals surface area contributed by atoms with Crippen molar-refractivity contribution < 1.29 is 18.9 Å². The van der Waals surface area contributed by atoms with Crippen molar-refractivity contribution in [2.75, 3.05) is 32.7 Å². The van der Waals surface area contributed by atoms with E-state index in [2.05, 4.69) is 13.8 Å². The number of methoxy groups -OCH3 is 1. The summed E-state index contributed by atoms with van der Waals surface area (Å²) in [5.74, 6) is 1.61. The van der Waals surface area contributed by atoms with Crippen LogP contribution >= 0.6 is 0 Å². The first-order chi connectivity index (χ1) is 9.61. The highest BCUT2D eigenvalue weighted by Gasteiger charge is 2.20. The lowest BCUT2D eigenvalue weighted by Gasteiger charge is -2.25. The molecule has 5 heteroatoms. The zero-order chi connectivity index (χ0) is 14.5. The number of benzene rings is 1. The number of hydrogen-bond donors (Lipinski definition) is 1. The highest BCUT2D eigenvalue weighted by molar-refractivity contribution is 5.62. The van der Waals surface area contributed by atoms with Crippen LogP contribution in [-0.4, -0.2) is 26.9 Å². The van der Waals surface area contributed by atoms with Crippen LogP contribution in [0.1, 0.15) is 32.1 Å². The summed E-state index contributed by atoms with van der Waals surface area (Å²) in [7, 11) is 1.60. The van der Waals surface area contributed by atoms with E-state index in [-0.39, 0.29) is 6.29 Å². The van der Waals surface area contributed by atoms with Crippen LogP contribution in [0.3, 0.4) is 0 Å². The lowest BCUT2D eigenvalue weighted by Crippen LogP contribution is -2.18. The number of anilines is 1. The number of rotatable bonds is 5. The van der Waals surface area contributed by atoms with Crippen LogP contribution in [0.5, 0.6) is 11.5 Å². The zero-order valence-corrected chi connectivity index (χ0v) is 12.3. The Kier molecular flexibility index (Phi) is 5.09. The molecule has 1 saturated heterocycles. The maximum atomic E-state index is 6.07. The molecule has 1 fully saturated rings. The molecule has 0 spiro atoms. The molecule has 1 aromatic carbocycles. The molecule has 0 bridgehead atoms. The van der Waals surface area contributed by atoms with Gasteiger partial charge in [0.15, 0.2) is 17.8 Å². The Balaban J connectivity index is 2.22. The minimum atomic E-state index is -0.376. The molecule has 0 radical (unpaired) electrons. The molecule has 2 rings (SSSR count). The van der Waals surface area contributed by atoms with Gasteiger partial charge in [-0.3, -0.25) is 0 Å². The van der Waals surface area contributed by atoms with E-state index in [4.69, 9.17) is 24.7 Å². The number of ether oxygens (including phenoxy) is 4. The third-order valence-electron chi connectivity index (χ3n) is 2.99. The van der Waals surface area contributed by atoms with Gasteiger partial charge in [0, 0.05) is 5.56 Å². The highest BCUT2D eigenvalue weighted by Crippen LogP contribution is 2.38. The van der Waals surface area contributed by atoms with E-state index in [1.54, 1.807) is 7.11 Å². The van der Waals surface area contributed by atoms with Crippen LogP contribution in [0.2, 0.25) is 0 Å². The summed E-state index contributed by atoms with van der Waals surface area (Å²) in [5.41, 5.74) is 7.47. The smallest absolute Gasteiger partial charge is 0.184 e. The van der Waals surface area contributed by atoms with Crippen LogP contribution in [-0.2, 0) is 9.47 Å². The van der Waals surface area contributed by atoms with E-state index in [1.807, 2.05) is 12.1 Å². The van der Waals surface area contributed by atoms with Gasteiger partial charge in [-0.15, -0.1) is 0 Å². The summed E-state index contributed by atoms with van der Waals surface area (Å²) in [6, 6.07) is 3.69. The molecule has 1 heterocycles. The van der Waals surface area contributed by atoms with Gasteiger partial charge in [-0.05, 0) is 24.5 Å². The Morgan fingerprint density at radius 2 is 2.00 bits per heavy atom. The monoisotopic (exact) mass is 281 g/mol. The first kappa shape index (κ1) is 14.9. The lowest BCUT2D eigenvalue weighted by atomic mass is 10.1. The van der Waals surface area contributed by atoms with Crippen LogP contribution in [0.25, 0.3) is 0 Å². The van der Waals surface area contributed by atoms with E-state index >= 15 is 0 Å². The second kappa shape index (κ2) is 6.81. The highest BCUT2D eigenvalue weighted by atomic mass is 16.7. The lowest BCUT2D eigenvalue weighted by molar-refractivity contribution is -0.183. The van der Waals surface area contributed by atoms with Crippen LogP contribution in [0, 0.1) is 5.92 Å². The van der Waals surface area contributed by atoms with E-state index in [0.29, 0.717) is 42.9 Å². The Hall–Kier alpha value is -1.46. The molecule has 0 atom stereocenters. The van der Waals surface area contributed by atoms with Gasteiger partial charge in [-0.25, -0.2) is 0 Å². The maximum absolute atomic E-state index is 6.07. The molecule has 20 heavy (non-hydrogen) atoms. The minimum absolute atomic E-state index is 0.376. The molecule has 112 valence electrons. The van der Waals surface area contributed by atoms with Crippen LogP contribution in [0.15, 0.2) is 12.1 Å². The molecule has 0 aromatic heterocycles. The van der Waals surface area contributed by atoms with Crippen LogP contribution in [0.4, 0.5) is 5.69 Å². The topological polar surface area (TPSA) is 62.9 Å². The quantitative estimate of drug-likeness (QED) is 0.841. The molecule has 0 aliphatic carbocycles. The predicted molar refractivity (Wildman–Crippen MR) is 77.0 cm³/mol.